The summed E-state index contributed by atoms with van der Waals surface area (Å²) in [5.41, 5.74) is 7.63. The average Bonchev–Trinajstić information content (AvgIpc) is 3.50. The minimum atomic E-state index is -0.524. The second-order valence-corrected chi connectivity index (χ2v) is 8.10. The number of hydrogen-bond donors (Lipinski definition) is 1. The van der Waals surface area contributed by atoms with E-state index in [1.807, 2.05) is 11.5 Å². The van der Waals surface area contributed by atoms with E-state index >= 15 is 0 Å². The molecule has 164 valence electrons. The molecule has 3 aromatic heterocycles. The number of nitrogens with two attached hydrogens (primary N) is 1. The summed E-state index contributed by atoms with van der Waals surface area (Å²) < 4.78 is 23.2. The van der Waals surface area contributed by atoms with Gasteiger partial charge in [-0.2, -0.15) is 4.98 Å². The number of fused-ring (bicyclic) bond motifs is 1. The smallest absolute Gasteiger partial charge is 0.289 e. The number of hydrogen-bond acceptors (Lipinski definition) is 7. The lowest BCUT2D eigenvalue weighted by molar-refractivity contribution is -0.705. The normalized spacial score (nSPS) is 13.7. The summed E-state index contributed by atoms with van der Waals surface area (Å²) in [7, 11) is 0. The third-order valence-electron chi connectivity index (χ3n) is 5.79. The number of nitrogen functional groups attached to an aromatic ring is 1. The first-order chi connectivity index (χ1) is 15.4. The summed E-state index contributed by atoms with van der Waals surface area (Å²) in [6.45, 7) is 4.29. The van der Waals surface area contributed by atoms with Crippen molar-refractivity contribution < 1.29 is 13.5 Å². The van der Waals surface area contributed by atoms with Crippen LogP contribution in [0, 0.1) is 19.7 Å². The van der Waals surface area contributed by atoms with E-state index in [0.717, 1.165) is 18.5 Å². The first-order valence-electron chi connectivity index (χ1n) is 10.6. The first kappa shape index (κ1) is 20.2. The van der Waals surface area contributed by atoms with Crippen molar-refractivity contribution in [1.82, 2.24) is 24.7 Å². The van der Waals surface area contributed by atoms with E-state index in [1.54, 1.807) is 30.0 Å². The summed E-state index contributed by atoms with van der Waals surface area (Å²) in [5, 5.41) is 3.90. The van der Waals surface area contributed by atoms with Crippen LogP contribution in [0.15, 0.2) is 33.8 Å². The first-order valence-corrected chi connectivity index (χ1v) is 10.6. The molecule has 32 heavy (non-hydrogen) atoms. The van der Waals surface area contributed by atoms with Crippen molar-refractivity contribution in [3.63, 3.8) is 0 Å². The summed E-state index contributed by atoms with van der Waals surface area (Å²) >= 11 is 0. The Morgan fingerprint density at radius 1 is 1.28 bits per heavy atom. The van der Waals surface area contributed by atoms with E-state index in [0.29, 0.717) is 53.8 Å². The highest BCUT2D eigenvalue weighted by Crippen LogP contribution is 2.35. The Bertz CT molecular complexity index is 1390. The Balaban J connectivity index is 1.43. The van der Waals surface area contributed by atoms with E-state index in [2.05, 4.69) is 20.1 Å². The van der Waals surface area contributed by atoms with Crippen LogP contribution in [0.5, 0.6) is 0 Å². The molecule has 0 amide bonds. The highest BCUT2D eigenvalue weighted by Gasteiger charge is 2.29. The van der Waals surface area contributed by atoms with Gasteiger partial charge in [-0.1, -0.05) is 11.2 Å². The fraction of sp³-hybridized carbons (Fsp3) is 0.364. The third-order valence-corrected chi connectivity index (χ3v) is 5.79. The number of aromatic nitrogens is 6. The van der Waals surface area contributed by atoms with Gasteiger partial charge in [0.2, 0.25) is 0 Å². The van der Waals surface area contributed by atoms with E-state index in [-0.39, 0.29) is 17.0 Å². The van der Waals surface area contributed by atoms with Gasteiger partial charge in [0.05, 0.1) is 12.1 Å². The standard InChI is InChI=1S/C22H22FN7O2/c1-12-18(21-26-13(2)28-32-21)20(24)25-11-29(12)10-4-7-17-27-16-6-3-5-15(23)19(16)22(31)30(17)14-8-9-14/h3,5-6,11,14,24H,4,7-10H2,1-2H3/p+1. The monoisotopic (exact) mass is 436 g/mol. The van der Waals surface area contributed by atoms with E-state index in [1.165, 1.54) is 6.07 Å². The quantitative estimate of drug-likeness (QED) is 0.461. The van der Waals surface area contributed by atoms with Gasteiger partial charge in [-0.25, -0.2) is 13.9 Å². The molecule has 1 fully saturated rings. The lowest BCUT2D eigenvalue weighted by atomic mass is 10.2. The zero-order chi connectivity index (χ0) is 22.4. The van der Waals surface area contributed by atoms with Crippen LogP contribution in [0.2, 0.25) is 0 Å². The van der Waals surface area contributed by atoms with E-state index in [4.69, 9.17) is 10.3 Å². The van der Waals surface area contributed by atoms with Crippen molar-refractivity contribution in [3.05, 3.63) is 58.0 Å². The molecule has 0 atom stereocenters. The van der Waals surface area contributed by atoms with Gasteiger partial charge in [0.25, 0.3) is 23.6 Å². The second kappa shape index (κ2) is 7.77. The number of rotatable bonds is 6. The Morgan fingerprint density at radius 2 is 2.09 bits per heavy atom. The van der Waals surface area contributed by atoms with Crippen LogP contribution < -0.4 is 15.9 Å². The summed E-state index contributed by atoms with van der Waals surface area (Å²) in [6, 6.07) is 4.67. The van der Waals surface area contributed by atoms with Crippen molar-refractivity contribution in [3.8, 4) is 11.5 Å². The Hall–Kier alpha value is -3.69. The Morgan fingerprint density at radius 3 is 2.81 bits per heavy atom. The highest BCUT2D eigenvalue weighted by molar-refractivity contribution is 5.78. The van der Waals surface area contributed by atoms with E-state index in [9.17, 15) is 9.18 Å². The molecule has 0 aliphatic heterocycles. The van der Waals surface area contributed by atoms with Crippen LogP contribution in [-0.4, -0.2) is 24.7 Å². The summed E-state index contributed by atoms with van der Waals surface area (Å²) in [6.07, 6.45) is 4.78. The molecule has 1 aliphatic rings. The maximum absolute atomic E-state index is 14.3. The molecule has 1 aromatic carbocycles. The Kier molecular flexibility index (Phi) is 4.91. The molecule has 0 saturated heterocycles. The van der Waals surface area contributed by atoms with Crippen LogP contribution in [0.3, 0.4) is 0 Å². The number of halogens is 1. The van der Waals surface area contributed by atoms with Crippen LogP contribution in [0.25, 0.3) is 22.4 Å². The molecule has 10 heteroatoms. The zero-order valence-electron chi connectivity index (χ0n) is 17.9. The molecule has 3 heterocycles. The number of nitrogens with zero attached hydrogens (tertiary/aromatic N) is 6. The van der Waals surface area contributed by atoms with Gasteiger partial charge < -0.3 is 10.3 Å². The molecule has 0 spiro atoms. The molecule has 5 rings (SSSR count). The SMILES string of the molecule is Cc1noc(-c2c(N)nc[n+](CCCc3nc4cccc(F)c4c(=O)n3C3CC3)c2C)n1. The maximum Gasteiger partial charge on any atom is 0.289 e. The molecule has 4 aromatic rings. The van der Waals surface area contributed by atoms with Crippen LogP contribution >= 0.6 is 0 Å². The second-order valence-electron chi connectivity index (χ2n) is 8.10. The third kappa shape index (κ3) is 3.51. The molecule has 1 saturated carbocycles. The topological polar surface area (TPSA) is 117 Å². The van der Waals surface area contributed by atoms with Crippen molar-refractivity contribution in [1.29, 1.82) is 0 Å². The lowest BCUT2D eigenvalue weighted by Crippen LogP contribution is -2.39. The van der Waals surface area contributed by atoms with Crippen molar-refractivity contribution in [2.75, 3.05) is 5.73 Å². The van der Waals surface area contributed by atoms with Gasteiger partial charge in [0.1, 0.15) is 22.7 Å². The van der Waals surface area contributed by atoms with Crippen molar-refractivity contribution in [2.45, 2.75) is 52.1 Å². The minimum absolute atomic E-state index is 0.0654. The van der Waals surface area contributed by atoms with Gasteiger partial charge in [-0.15, -0.1) is 0 Å². The Labute approximate surface area is 182 Å². The fourth-order valence-electron chi connectivity index (χ4n) is 4.04. The highest BCUT2D eigenvalue weighted by atomic mass is 19.1. The molecule has 0 radical (unpaired) electrons. The molecule has 1 aliphatic carbocycles. The molecular formula is C22H23FN7O2+. The number of benzene rings is 1. The number of aryl methyl sites for hydroxylation is 3. The molecule has 9 nitrogen and oxygen atoms in total. The van der Waals surface area contributed by atoms with E-state index < -0.39 is 5.82 Å². The summed E-state index contributed by atoms with van der Waals surface area (Å²) in [5.74, 6) is 1.34. The fourth-order valence-corrected chi connectivity index (χ4v) is 4.04. The molecule has 2 N–H and O–H groups in total. The van der Waals surface area contributed by atoms with Gasteiger partial charge in [0.15, 0.2) is 11.4 Å². The molecule has 0 unspecified atom stereocenters. The van der Waals surface area contributed by atoms with Crippen LogP contribution in [0.4, 0.5) is 10.2 Å². The molecule has 0 bridgehead atoms. The predicted octanol–water partition coefficient (Wildman–Crippen LogP) is 2.43. The number of anilines is 1. The largest absolute Gasteiger partial charge is 0.362 e. The zero-order valence-corrected chi connectivity index (χ0v) is 17.9. The average molecular weight is 436 g/mol. The van der Waals surface area contributed by atoms with Gasteiger partial charge in [0, 0.05) is 12.5 Å². The maximum atomic E-state index is 14.3. The predicted molar refractivity (Wildman–Crippen MR) is 114 cm³/mol. The van der Waals surface area contributed by atoms with Gasteiger partial charge in [-0.3, -0.25) is 9.36 Å². The van der Waals surface area contributed by atoms with Crippen LogP contribution in [-0.2, 0) is 13.0 Å². The van der Waals surface area contributed by atoms with Crippen molar-refractivity contribution in [2.24, 2.45) is 0 Å². The lowest BCUT2D eigenvalue weighted by Gasteiger charge is -2.13. The van der Waals surface area contributed by atoms with Gasteiger partial charge >= 0.3 is 0 Å². The van der Waals surface area contributed by atoms with Crippen molar-refractivity contribution >= 4 is 16.7 Å². The minimum Gasteiger partial charge on any atom is -0.362 e. The van der Waals surface area contributed by atoms with Crippen LogP contribution in [0.1, 0.15) is 42.6 Å². The summed E-state index contributed by atoms with van der Waals surface area (Å²) in [4.78, 5) is 26.2. The van der Waals surface area contributed by atoms with Gasteiger partial charge in [-0.05, 0) is 50.2 Å². The molecular weight excluding hydrogens is 413 g/mol.